The maximum Gasteiger partial charge on any atom is 0.261 e. The summed E-state index contributed by atoms with van der Waals surface area (Å²) in [5.41, 5.74) is 1.81. The van der Waals surface area contributed by atoms with Gasteiger partial charge in [0, 0.05) is 11.6 Å². The predicted octanol–water partition coefficient (Wildman–Crippen LogP) is 4.89. The Bertz CT molecular complexity index is 1100. The van der Waals surface area contributed by atoms with Gasteiger partial charge in [-0.15, -0.1) is 0 Å². The molecule has 2 N–H and O–H groups in total. The SMILES string of the molecule is C[C@@H](CCc1ccccc1)NC(=O)c1ccc(NS(=O)(=O)c2ccccc2)c(Cl)c1. The molecule has 3 rings (SSSR count). The zero-order valence-electron chi connectivity index (χ0n) is 16.5. The topological polar surface area (TPSA) is 75.3 Å². The van der Waals surface area contributed by atoms with Crippen molar-refractivity contribution >= 4 is 33.2 Å². The molecule has 0 saturated carbocycles. The van der Waals surface area contributed by atoms with Gasteiger partial charge < -0.3 is 5.32 Å². The Kier molecular flexibility index (Phi) is 7.13. The quantitative estimate of drug-likeness (QED) is 0.521. The maximum atomic E-state index is 12.5. The molecule has 0 heterocycles. The molecule has 0 aliphatic carbocycles. The number of sulfonamides is 1. The smallest absolute Gasteiger partial charge is 0.261 e. The highest BCUT2D eigenvalue weighted by molar-refractivity contribution is 7.92. The molecule has 0 radical (unpaired) electrons. The largest absolute Gasteiger partial charge is 0.350 e. The molecular weight excluding hydrogens is 420 g/mol. The third-order valence-electron chi connectivity index (χ3n) is 4.62. The van der Waals surface area contributed by atoms with Gasteiger partial charge in [0.05, 0.1) is 15.6 Å². The number of halogens is 1. The van der Waals surface area contributed by atoms with E-state index in [1.165, 1.54) is 29.8 Å². The fraction of sp³-hybridized carbons (Fsp3) is 0.174. The highest BCUT2D eigenvalue weighted by atomic mass is 35.5. The number of hydrogen-bond acceptors (Lipinski definition) is 3. The van der Waals surface area contributed by atoms with E-state index < -0.39 is 10.0 Å². The Morgan fingerprint density at radius 2 is 1.60 bits per heavy atom. The van der Waals surface area contributed by atoms with Crippen molar-refractivity contribution in [3.8, 4) is 0 Å². The Balaban J connectivity index is 1.62. The Morgan fingerprint density at radius 3 is 2.23 bits per heavy atom. The van der Waals surface area contributed by atoms with Gasteiger partial charge in [-0.05, 0) is 55.7 Å². The number of carbonyl (C=O) groups excluding carboxylic acids is 1. The second-order valence-corrected chi connectivity index (χ2v) is 9.10. The lowest BCUT2D eigenvalue weighted by Crippen LogP contribution is -2.32. The van der Waals surface area contributed by atoms with E-state index in [0.717, 1.165) is 12.8 Å². The number of anilines is 1. The molecule has 30 heavy (non-hydrogen) atoms. The van der Waals surface area contributed by atoms with Gasteiger partial charge in [0.2, 0.25) is 0 Å². The van der Waals surface area contributed by atoms with E-state index in [1.54, 1.807) is 24.3 Å². The number of benzene rings is 3. The van der Waals surface area contributed by atoms with Gasteiger partial charge in [-0.2, -0.15) is 0 Å². The van der Waals surface area contributed by atoms with Gasteiger partial charge in [0.1, 0.15) is 0 Å². The van der Waals surface area contributed by atoms with Gasteiger partial charge in [-0.1, -0.05) is 60.1 Å². The first kappa shape index (κ1) is 21.9. The van der Waals surface area contributed by atoms with E-state index in [2.05, 4.69) is 22.2 Å². The van der Waals surface area contributed by atoms with Crippen LogP contribution in [0.2, 0.25) is 5.02 Å². The minimum atomic E-state index is -3.76. The Morgan fingerprint density at radius 1 is 0.967 bits per heavy atom. The molecule has 3 aromatic rings. The first-order valence-electron chi connectivity index (χ1n) is 9.57. The summed E-state index contributed by atoms with van der Waals surface area (Å²) in [6.07, 6.45) is 1.67. The molecule has 3 aromatic carbocycles. The normalized spacial score (nSPS) is 12.2. The van der Waals surface area contributed by atoms with Crippen molar-refractivity contribution in [1.82, 2.24) is 5.32 Å². The van der Waals surface area contributed by atoms with Crippen LogP contribution in [0.4, 0.5) is 5.69 Å². The van der Waals surface area contributed by atoms with Crippen molar-refractivity contribution in [2.75, 3.05) is 4.72 Å². The van der Waals surface area contributed by atoms with Crippen LogP contribution in [-0.2, 0) is 16.4 Å². The van der Waals surface area contributed by atoms with Crippen molar-refractivity contribution < 1.29 is 13.2 Å². The Labute approximate surface area is 182 Å². The number of amides is 1. The zero-order valence-corrected chi connectivity index (χ0v) is 18.1. The van der Waals surface area contributed by atoms with Crippen LogP contribution in [0.5, 0.6) is 0 Å². The van der Waals surface area contributed by atoms with E-state index in [9.17, 15) is 13.2 Å². The third-order valence-corrected chi connectivity index (χ3v) is 6.31. The minimum absolute atomic E-state index is 0.0206. The molecule has 0 aliphatic rings. The summed E-state index contributed by atoms with van der Waals surface area (Å²) in [4.78, 5) is 12.7. The second kappa shape index (κ2) is 9.78. The summed E-state index contributed by atoms with van der Waals surface area (Å²) in [6, 6.07) is 22.6. The molecule has 0 fully saturated rings. The van der Waals surface area contributed by atoms with Crippen molar-refractivity contribution in [3.05, 3.63) is 95.0 Å². The molecule has 0 bridgehead atoms. The van der Waals surface area contributed by atoms with Crippen molar-refractivity contribution in [1.29, 1.82) is 0 Å². The summed E-state index contributed by atoms with van der Waals surface area (Å²) in [5, 5.41) is 3.10. The van der Waals surface area contributed by atoms with Crippen molar-refractivity contribution in [2.24, 2.45) is 0 Å². The van der Waals surface area contributed by atoms with Crippen molar-refractivity contribution in [2.45, 2.75) is 30.7 Å². The molecule has 1 atom stereocenters. The Hall–Kier alpha value is -2.83. The zero-order chi connectivity index (χ0) is 21.6. The van der Waals surface area contributed by atoms with Crippen LogP contribution in [0.15, 0.2) is 83.8 Å². The average molecular weight is 443 g/mol. The van der Waals surface area contributed by atoms with Gasteiger partial charge in [-0.25, -0.2) is 8.42 Å². The lowest BCUT2D eigenvalue weighted by Gasteiger charge is -2.15. The lowest BCUT2D eigenvalue weighted by molar-refractivity contribution is 0.0938. The first-order chi connectivity index (χ1) is 14.3. The van der Waals surface area contributed by atoms with E-state index in [0.29, 0.717) is 5.56 Å². The standard InChI is InChI=1S/C23H23ClN2O3S/c1-17(12-13-18-8-4-2-5-9-18)25-23(27)19-14-15-22(21(24)16-19)26-30(28,29)20-10-6-3-7-11-20/h2-11,14-17,26H,12-13H2,1H3,(H,25,27)/t17-/m0/s1. The van der Waals surface area contributed by atoms with Gasteiger partial charge in [-0.3, -0.25) is 9.52 Å². The summed E-state index contributed by atoms with van der Waals surface area (Å²) in [7, 11) is -3.76. The molecule has 0 aromatic heterocycles. The average Bonchev–Trinajstić information content (AvgIpc) is 2.75. The summed E-state index contributed by atoms with van der Waals surface area (Å²) in [5.74, 6) is -0.255. The molecule has 0 unspecified atom stereocenters. The van der Waals surface area contributed by atoms with E-state index in [4.69, 9.17) is 11.6 Å². The van der Waals surface area contributed by atoms with Crippen LogP contribution in [0.1, 0.15) is 29.3 Å². The molecule has 156 valence electrons. The monoisotopic (exact) mass is 442 g/mol. The number of carbonyl (C=O) groups is 1. The predicted molar refractivity (Wildman–Crippen MR) is 120 cm³/mol. The first-order valence-corrected chi connectivity index (χ1v) is 11.4. The number of hydrogen-bond donors (Lipinski definition) is 2. The van der Waals surface area contributed by atoms with Crippen LogP contribution in [0.3, 0.4) is 0 Å². The minimum Gasteiger partial charge on any atom is -0.350 e. The number of aryl methyl sites for hydroxylation is 1. The second-order valence-electron chi connectivity index (χ2n) is 7.01. The molecular formula is C23H23ClN2O3S. The lowest BCUT2D eigenvalue weighted by atomic mass is 10.1. The highest BCUT2D eigenvalue weighted by Crippen LogP contribution is 2.26. The molecule has 0 spiro atoms. The van der Waals surface area contributed by atoms with Crippen LogP contribution in [0, 0.1) is 0 Å². The molecule has 1 amide bonds. The van der Waals surface area contributed by atoms with Gasteiger partial charge >= 0.3 is 0 Å². The molecule has 0 aliphatic heterocycles. The van der Waals surface area contributed by atoms with Crippen LogP contribution in [0.25, 0.3) is 0 Å². The third kappa shape index (κ3) is 5.84. The molecule has 7 heteroatoms. The van der Waals surface area contributed by atoms with Crippen LogP contribution in [-0.4, -0.2) is 20.4 Å². The van der Waals surface area contributed by atoms with Gasteiger partial charge in [0.15, 0.2) is 0 Å². The highest BCUT2D eigenvalue weighted by Gasteiger charge is 2.17. The summed E-state index contributed by atoms with van der Waals surface area (Å²) >= 11 is 6.24. The van der Waals surface area contributed by atoms with Crippen LogP contribution < -0.4 is 10.0 Å². The maximum absolute atomic E-state index is 12.5. The fourth-order valence-corrected chi connectivity index (χ4v) is 4.33. The molecule has 0 saturated heterocycles. The summed E-state index contributed by atoms with van der Waals surface area (Å²) in [6.45, 7) is 1.95. The van der Waals surface area contributed by atoms with Gasteiger partial charge in [0.25, 0.3) is 15.9 Å². The molecule has 5 nitrogen and oxygen atoms in total. The van der Waals surface area contributed by atoms with E-state index in [-0.39, 0.29) is 27.6 Å². The summed E-state index contributed by atoms with van der Waals surface area (Å²) < 4.78 is 27.4. The fourth-order valence-electron chi connectivity index (χ4n) is 2.95. The van der Waals surface area contributed by atoms with Crippen LogP contribution >= 0.6 is 11.6 Å². The van der Waals surface area contributed by atoms with Crippen molar-refractivity contribution in [3.63, 3.8) is 0 Å². The number of rotatable bonds is 8. The van der Waals surface area contributed by atoms with E-state index in [1.807, 2.05) is 25.1 Å². The van der Waals surface area contributed by atoms with E-state index >= 15 is 0 Å². The number of nitrogens with one attached hydrogen (secondary N) is 2.